The number of hydrogen-bond donors (Lipinski definition) is 3. The molecule has 2 aromatic heterocycles. The van der Waals surface area contributed by atoms with Gasteiger partial charge in [-0.3, -0.25) is 5.43 Å². The molecule has 4 N–H and O–H groups in total. The Hall–Kier alpha value is -2.00. The van der Waals surface area contributed by atoms with Crippen LogP contribution in [0.4, 0.5) is 11.9 Å². The molecule has 0 aromatic carbocycles. The van der Waals surface area contributed by atoms with Gasteiger partial charge in [0.1, 0.15) is 5.01 Å². The SMILES string of the molecule is CCOc1nc(NN)nc(NC(CC)c2nccs2)n1. The highest BCUT2D eigenvalue weighted by Gasteiger charge is 2.15. The third-order valence-electron chi connectivity index (χ3n) is 2.48. The zero-order valence-electron chi connectivity index (χ0n) is 11.3. The second-order valence-corrected chi connectivity index (χ2v) is 4.74. The third kappa shape index (κ3) is 3.52. The van der Waals surface area contributed by atoms with Crippen LogP contribution in [-0.4, -0.2) is 26.5 Å². The summed E-state index contributed by atoms with van der Waals surface area (Å²) in [5.74, 6) is 6.00. The van der Waals surface area contributed by atoms with E-state index in [1.54, 1.807) is 17.5 Å². The number of hydrogen-bond acceptors (Lipinski definition) is 9. The third-order valence-corrected chi connectivity index (χ3v) is 3.37. The molecule has 8 nitrogen and oxygen atoms in total. The Morgan fingerprint density at radius 2 is 2.10 bits per heavy atom. The van der Waals surface area contributed by atoms with E-state index in [4.69, 9.17) is 10.6 Å². The van der Waals surface area contributed by atoms with Crippen molar-refractivity contribution in [2.24, 2.45) is 5.84 Å². The van der Waals surface area contributed by atoms with Crippen LogP contribution in [0.5, 0.6) is 6.01 Å². The second-order valence-electron chi connectivity index (χ2n) is 3.82. The Balaban J connectivity index is 2.20. The predicted octanol–water partition coefficient (Wildman–Crippen LogP) is 1.58. The first-order valence-electron chi connectivity index (χ1n) is 6.28. The topological polar surface area (TPSA) is 111 Å². The minimum absolute atomic E-state index is 0.0394. The lowest BCUT2D eigenvalue weighted by Crippen LogP contribution is -2.16. The van der Waals surface area contributed by atoms with Gasteiger partial charge in [0.05, 0.1) is 12.6 Å². The van der Waals surface area contributed by atoms with Gasteiger partial charge in [-0.1, -0.05) is 6.92 Å². The van der Waals surface area contributed by atoms with Crippen molar-refractivity contribution in [3.63, 3.8) is 0 Å². The summed E-state index contributed by atoms with van der Waals surface area (Å²) in [6, 6.07) is 0.268. The molecule has 0 saturated heterocycles. The summed E-state index contributed by atoms with van der Waals surface area (Å²) in [5.41, 5.74) is 2.40. The lowest BCUT2D eigenvalue weighted by Gasteiger charge is -2.15. The molecule has 0 aliphatic heterocycles. The summed E-state index contributed by atoms with van der Waals surface area (Å²) < 4.78 is 5.28. The number of nitrogen functional groups attached to an aromatic ring is 1. The molecule has 1 unspecified atom stereocenters. The molecule has 1 atom stereocenters. The van der Waals surface area contributed by atoms with E-state index in [2.05, 4.69) is 37.6 Å². The maximum Gasteiger partial charge on any atom is 0.323 e. The fourth-order valence-corrected chi connectivity index (χ4v) is 2.35. The fourth-order valence-electron chi connectivity index (χ4n) is 1.58. The molecule has 2 heterocycles. The molecule has 0 radical (unpaired) electrons. The fraction of sp³-hybridized carbons (Fsp3) is 0.455. The van der Waals surface area contributed by atoms with Crippen molar-refractivity contribution >= 4 is 23.2 Å². The number of thiazole rings is 1. The van der Waals surface area contributed by atoms with E-state index in [9.17, 15) is 0 Å². The molecule has 108 valence electrons. The van der Waals surface area contributed by atoms with Crippen LogP contribution in [0, 0.1) is 0 Å². The molecule has 2 rings (SSSR count). The molecule has 0 amide bonds. The summed E-state index contributed by atoms with van der Waals surface area (Å²) in [4.78, 5) is 16.7. The average molecular weight is 295 g/mol. The molecule has 0 aliphatic carbocycles. The van der Waals surface area contributed by atoms with E-state index in [0.29, 0.717) is 12.6 Å². The van der Waals surface area contributed by atoms with Crippen molar-refractivity contribution in [2.45, 2.75) is 26.3 Å². The Bertz CT molecular complexity index is 534. The van der Waals surface area contributed by atoms with Crippen LogP contribution in [0.3, 0.4) is 0 Å². The normalized spacial score (nSPS) is 11.9. The van der Waals surface area contributed by atoms with E-state index in [-0.39, 0.29) is 18.0 Å². The predicted molar refractivity (Wildman–Crippen MR) is 77.6 cm³/mol. The van der Waals surface area contributed by atoms with Gasteiger partial charge in [0, 0.05) is 11.6 Å². The number of rotatable bonds is 7. The zero-order valence-corrected chi connectivity index (χ0v) is 12.1. The number of nitrogens with one attached hydrogen (secondary N) is 2. The number of nitrogens with zero attached hydrogens (tertiary/aromatic N) is 4. The molecule has 0 bridgehead atoms. The van der Waals surface area contributed by atoms with Gasteiger partial charge in [-0.15, -0.1) is 11.3 Å². The summed E-state index contributed by atoms with van der Waals surface area (Å²) >= 11 is 1.58. The van der Waals surface area contributed by atoms with Gasteiger partial charge in [0.15, 0.2) is 0 Å². The van der Waals surface area contributed by atoms with Gasteiger partial charge in [0.25, 0.3) is 0 Å². The zero-order chi connectivity index (χ0) is 14.4. The molecule has 0 fully saturated rings. The van der Waals surface area contributed by atoms with Gasteiger partial charge in [-0.25, -0.2) is 10.8 Å². The molecular weight excluding hydrogens is 278 g/mol. The van der Waals surface area contributed by atoms with E-state index < -0.39 is 0 Å². The molecule has 0 aliphatic rings. The van der Waals surface area contributed by atoms with E-state index in [0.717, 1.165) is 11.4 Å². The molecular formula is C11H17N7OS. The van der Waals surface area contributed by atoms with Gasteiger partial charge >= 0.3 is 6.01 Å². The van der Waals surface area contributed by atoms with Crippen molar-refractivity contribution in [1.29, 1.82) is 0 Å². The summed E-state index contributed by atoms with van der Waals surface area (Å²) in [5, 5.41) is 6.13. The average Bonchev–Trinajstić information content (AvgIpc) is 2.99. The molecule has 0 saturated carbocycles. The Labute approximate surface area is 120 Å². The quantitative estimate of drug-likeness (QED) is 0.521. The molecule has 20 heavy (non-hydrogen) atoms. The van der Waals surface area contributed by atoms with Crippen LogP contribution < -0.4 is 21.3 Å². The number of hydrazine groups is 1. The largest absolute Gasteiger partial charge is 0.464 e. The Morgan fingerprint density at radius 3 is 2.70 bits per heavy atom. The number of ether oxygens (including phenoxy) is 1. The second kappa shape index (κ2) is 6.96. The standard InChI is InChI=1S/C11H17N7OS/c1-3-7(8-13-5-6-20-8)14-9-15-10(18-12)17-11(16-9)19-4-2/h5-7H,3-4,12H2,1-2H3,(H2,14,15,16,17,18). The van der Waals surface area contributed by atoms with E-state index >= 15 is 0 Å². The van der Waals surface area contributed by atoms with Gasteiger partial charge in [-0.2, -0.15) is 15.0 Å². The Morgan fingerprint density at radius 1 is 1.30 bits per heavy atom. The molecule has 2 aromatic rings. The van der Waals surface area contributed by atoms with Crippen molar-refractivity contribution in [2.75, 3.05) is 17.3 Å². The summed E-state index contributed by atoms with van der Waals surface area (Å²) in [6.45, 7) is 4.39. The van der Waals surface area contributed by atoms with Crippen LogP contribution in [-0.2, 0) is 0 Å². The van der Waals surface area contributed by atoms with Crippen molar-refractivity contribution < 1.29 is 4.74 Å². The number of anilines is 2. The highest BCUT2D eigenvalue weighted by molar-refractivity contribution is 7.09. The van der Waals surface area contributed by atoms with Crippen LogP contribution in [0.25, 0.3) is 0 Å². The first-order chi connectivity index (χ1) is 9.76. The minimum atomic E-state index is 0.0394. The lowest BCUT2D eigenvalue weighted by molar-refractivity contribution is 0.312. The summed E-state index contributed by atoms with van der Waals surface area (Å²) in [7, 11) is 0. The number of nitrogens with two attached hydrogens (primary N) is 1. The van der Waals surface area contributed by atoms with Crippen LogP contribution in [0.2, 0.25) is 0 Å². The summed E-state index contributed by atoms with van der Waals surface area (Å²) in [6.07, 6.45) is 2.63. The van der Waals surface area contributed by atoms with Crippen LogP contribution in [0.1, 0.15) is 31.3 Å². The van der Waals surface area contributed by atoms with Gasteiger partial charge < -0.3 is 10.1 Å². The van der Waals surface area contributed by atoms with Crippen molar-refractivity contribution in [3.8, 4) is 6.01 Å². The van der Waals surface area contributed by atoms with E-state index in [1.165, 1.54) is 0 Å². The van der Waals surface area contributed by atoms with E-state index in [1.807, 2.05) is 12.3 Å². The maximum absolute atomic E-state index is 5.35. The number of aromatic nitrogens is 4. The smallest absolute Gasteiger partial charge is 0.323 e. The maximum atomic E-state index is 5.35. The monoisotopic (exact) mass is 295 g/mol. The minimum Gasteiger partial charge on any atom is -0.464 e. The lowest BCUT2D eigenvalue weighted by atomic mass is 10.2. The van der Waals surface area contributed by atoms with Crippen LogP contribution >= 0.6 is 11.3 Å². The van der Waals surface area contributed by atoms with Crippen LogP contribution in [0.15, 0.2) is 11.6 Å². The Kier molecular flexibility index (Phi) is 5.02. The first-order valence-corrected chi connectivity index (χ1v) is 7.16. The van der Waals surface area contributed by atoms with Crippen molar-refractivity contribution in [3.05, 3.63) is 16.6 Å². The van der Waals surface area contributed by atoms with Crippen molar-refractivity contribution in [1.82, 2.24) is 19.9 Å². The molecule has 0 spiro atoms. The van der Waals surface area contributed by atoms with Gasteiger partial charge in [0.2, 0.25) is 11.9 Å². The van der Waals surface area contributed by atoms with Gasteiger partial charge in [-0.05, 0) is 13.3 Å². The molecule has 9 heteroatoms. The highest BCUT2D eigenvalue weighted by atomic mass is 32.1. The first kappa shape index (κ1) is 14.4. The highest BCUT2D eigenvalue weighted by Crippen LogP contribution is 2.23.